The predicted molar refractivity (Wildman–Crippen MR) is 55.6 cm³/mol. The first-order chi connectivity index (χ1) is 5.93. The molecule has 7 heteroatoms. The molecule has 0 aromatic carbocycles. The lowest BCUT2D eigenvalue weighted by atomic mass is 10.2. The van der Waals surface area contributed by atoms with Crippen LogP contribution in [0.5, 0.6) is 0 Å². The van der Waals surface area contributed by atoms with Gasteiger partial charge in [-0.15, -0.1) is 23.2 Å². The molecule has 13 heavy (non-hydrogen) atoms. The number of hydrogen-bond donors (Lipinski definition) is 2. The van der Waals surface area contributed by atoms with Gasteiger partial charge >= 0.3 is 7.60 Å². The maximum atomic E-state index is 10.7. The fourth-order valence-electron chi connectivity index (χ4n) is 0.765. The Labute approximate surface area is 91.8 Å². The summed E-state index contributed by atoms with van der Waals surface area (Å²) in [4.78, 5) is 17.5. The molecule has 0 saturated heterocycles. The molecule has 0 spiro atoms. The van der Waals surface area contributed by atoms with Crippen LogP contribution in [0.1, 0.15) is 12.8 Å². The maximum absolute atomic E-state index is 10.7. The molecule has 2 N–H and O–H groups in total. The van der Waals surface area contributed by atoms with E-state index in [0.717, 1.165) is 0 Å². The molecule has 0 aliphatic carbocycles. The van der Waals surface area contributed by atoms with Gasteiger partial charge in [0.1, 0.15) is 4.77 Å². The first-order valence-corrected chi connectivity index (χ1v) is 6.55. The Hall–Kier alpha value is 0.760. The van der Waals surface area contributed by atoms with Crippen LogP contribution in [0.15, 0.2) is 10.3 Å². The van der Waals surface area contributed by atoms with Crippen molar-refractivity contribution >= 4 is 42.4 Å². The van der Waals surface area contributed by atoms with Crippen molar-refractivity contribution in [1.29, 1.82) is 0 Å². The van der Waals surface area contributed by atoms with E-state index in [1.165, 1.54) is 0 Å². The highest BCUT2D eigenvalue weighted by molar-refractivity contribution is 7.59. The Morgan fingerprint density at radius 3 is 1.77 bits per heavy atom. The van der Waals surface area contributed by atoms with E-state index in [1.54, 1.807) is 0 Å². The largest absolute Gasteiger partial charge is 0.367 e. The number of halogens is 3. The van der Waals surface area contributed by atoms with E-state index in [9.17, 15) is 4.57 Å². The number of hydrogen-bond acceptors (Lipinski definition) is 1. The summed E-state index contributed by atoms with van der Waals surface area (Å²) in [5.41, 5.74) is 0.431. The first-order valence-electron chi connectivity index (χ1n) is 3.49. The fraction of sp³-hybridized carbons (Fsp3) is 0.667. The topological polar surface area (TPSA) is 57.5 Å². The summed E-state index contributed by atoms with van der Waals surface area (Å²) in [5, 5.41) is 0. The zero-order valence-corrected chi connectivity index (χ0v) is 9.87. The summed E-state index contributed by atoms with van der Waals surface area (Å²) in [5.74, 6) is 0.533. The summed E-state index contributed by atoms with van der Waals surface area (Å²) >= 11 is 16.4. The van der Waals surface area contributed by atoms with Crippen molar-refractivity contribution in [2.45, 2.75) is 12.8 Å². The van der Waals surface area contributed by atoms with E-state index in [4.69, 9.17) is 44.6 Å². The third kappa shape index (κ3) is 5.26. The second-order valence-corrected chi connectivity index (χ2v) is 5.25. The lowest BCUT2D eigenvalue weighted by Gasteiger charge is -2.08. The van der Waals surface area contributed by atoms with Crippen molar-refractivity contribution in [3.63, 3.8) is 0 Å². The first kappa shape index (κ1) is 13.8. The Kier molecular flexibility index (Phi) is 6.65. The molecule has 0 aromatic rings. The lowest BCUT2D eigenvalue weighted by molar-refractivity contribution is 0.384. The maximum Gasteiger partial charge on any atom is 0.367 e. The van der Waals surface area contributed by atoms with Gasteiger partial charge in [0.05, 0.1) is 0 Å². The van der Waals surface area contributed by atoms with Gasteiger partial charge < -0.3 is 9.79 Å². The Morgan fingerprint density at radius 1 is 1.15 bits per heavy atom. The van der Waals surface area contributed by atoms with Crippen molar-refractivity contribution in [3.8, 4) is 0 Å². The van der Waals surface area contributed by atoms with Crippen LogP contribution in [0.3, 0.4) is 0 Å². The fourth-order valence-corrected chi connectivity index (χ4v) is 2.05. The minimum atomic E-state index is -4.34. The van der Waals surface area contributed by atoms with Crippen LogP contribution in [-0.2, 0) is 4.57 Å². The number of rotatable bonds is 5. The monoisotopic (exact) mass is 266 g/mol. The van der Waals surface area contributed by atoms with Crippen molar-refractivity contribution < 1.29 is 14.4 Å². The average Bonchev–Trinajstić information content (AvgIpc) is 2.01. The van der Waals surface area contributed by atoms with Crippen LogP contribution < -0.4 is 0 Å². The molecule has 0 rings (SSSR count). The summed E-state index contributed by atoms with van der Waals surface area (Å²) in [6, 6.07) is 0. The molecule has 0 saturated carbocycles. The predicted octanol–water partition coefficient (Wildman–Crippen LogP) is 2.87. The van der Waals surface area contributed by atoms with E-state index >= 15 is 0 Å². The SMILES string of the molecule is O=P(O)(O)C(Cl)=C(CCCl)CCCl. The third-order valence-corrected chi connectivity index (χ3v) is 3.47. The standard InChI is InChI=1S/C6H10Cl3O3P/c7-3-1-5(2-4-8)6(9)13(10,11)12/h1-4H2,(H2,10,11,12). The van der Waals surface area contributed by atoms with E-state index in [2.05, 4.69) is 0 Å². The van der Waals surface area contributed by atoms with Crippen molar-refractivity contribution in [1.82, 2.24) is 0 Å². The van der Waals surface area contributed by atoms with Crippen LogP contribution >= 0.6 is 42.4 Å². The van der Waals surface area contributed by atoms with Gasteiger partial charge in [-0.2, -0.15) is 0 Å². The van der Waals surface area contributed by atoms with Crippen LogP contribution in [-0.4, -0.2) is 21.5 Å². The van der Waals surface area contributed by atoms with Gasteiger partial charge in [0.15, 0.2) is 0 Å². The second kappa shape index (κ2) is 6.28. The average molecular weight is 267 g/mol. The molecule has 0 radical (unpaired) electrons. The molecule has 0 bridgehead atoms. The molecule has 3 nitrogen and oxygen atoms in total. The van der Waals surface area contributed by atoms with E-state index in [1.807, 2.05) is 0 Å². The van der Waals surface area contributed by atoms with Crippen LogP contribution in [0, 0.1) is 0 Å². The van der Waals surface area contributed by atoms with Gasteiger partial charge in [-0.1, -0.05) is 11.6 Å². The van der Waals surface area contributed by atoms with Crippen LogP contribution in [0.2, 0.25) is 0 Å². The molecular weight excluding hydrogens is 257 g/mol. The van der Waals surface area contributed by atoms with Gasteiger partial charge in [0.2, 0.25) is 0 Å². The minimum Gasteiger partial charge on any atom is -0.320 e. The van der Waals surface area contributed by atoms with E-state index in [-0.39, 0.29) is 11.8 Å². The quantitative estimate of drug-likeness (QED) is 0.595. The van der Waals surface area contributed by atoms with Crippen molar-refractivity contribution in [2.24, 2.45) is 0 Å². The zero-order valence-electron chi connectivity index (χ0n) is 6.71. The van der Waals surface area contributed by atoms with E-state index in [0.29, 0.717) is 18.4 Å². The lowest BCUT2D eigenvalue weighted by Crippen LogP contribution is -1.92. The molecule has 0 heterocycles. The summed E-state index contributed by atoms with van der Waals surface area (Å²) in [6.07, 6.45) is 0.691. The smallest absolute Gasteiger partial charge is 0.320 e. The van der Waals surface area contributed by atoms with Gasteiger partial charge in [-0.25, -0.2) is 0 Å². The summed E-state index contributed by atoms with van der Waals surface area (Å²) in [7, 11) is -4.34. The van der Waals surface area contributed by atoms with Gasteiger partial charge in [0, 0.05) is 11.8 Å². The number of alkyl halides is 2. The Bertz CT molecular complexity index is 227. The molecule has 0 fully saturated rings. The van der Waals surface area contributed by atoms with Crippen LogP contribution in [0.25, 0.3) is 0 Å². The molecule has 0 aliphatic heterocycles. The summed E-state index contributed by atoms with van der Waals surface area (Å²) < 4.78 is 10.3. The number of allylic oxidation sites excluding steroid dienone is 1. The molecule has 0 atom stereocenters. The molecule has 0 aliphatic rings. The second-order valence-electron chi connectivity index (χ2n) is 2.32. The van der Waals surface area contributed by atoms with Gasteiger partial charge in [-0.05, 0) is 18.4 Å². The highest BCUT2D eigenvalue weighted by Gasteiger charge is 2.22. The highest BCUT2D eigenvalue weighted by atomic mass is 35.5. The molecule has 78 valence electrons. The van der Waals surface area contributed by atoms with Crippen molar-refractivity contribution in [3.05, 3.63) is 10.3 Å². The Balaban J connectivity index is 4.74. The molecule has 0 amide bonds. The third-order valence-electron chi connectivity index (χ3n) is 1.34. The minimum absolute atomic E-state index is 0.266. The Morgan fingerprint density at radius 2 is 1.54 bits per heavy atom. The van der Waals surface area contributed by atoms with Gasteiger partial charge in [0.25, 0.3) is 0 Å². The highest BCUT2D eigenvalue weighted by Crippen LogP contribution is 2.50. The summed E-state index contributed by atoms with van der Waals surface area (Å²) in [6.45, 7) is 0. The van der Waals surface area contributed by atoms with Crippen LogP contribution in [0.4, 0.5) is 0 Å². The molecule has 0 unspecified atom stereocenters. The molecule has 0 aromatic heterocycles. The van der Waals surface area contributed by atoms with Gasteiger partial charge in [-0.3, -0.25) is 4.57 Å². The normalized spacial score (nSPS) is 11.5. The van der Waals surface area contributed by atoms with Crippen molar-refractivity contribution in [2.75, 3.05) is 11.8 Å². The van der Waals surface area contributed by atoms with E-state index < -0.39 is 12.4 Å². The molecular formula is C6H10Cl3O3P. The zero-order chi connectivity index (χ0) is 10.5.